The molecule has 1 amide bonds. The molecule has 0 saturated carbocycles. The van der Waals surface area contributed by atoms with Gasteiger partial charge in [0.15, 0.2) is 1.41 Å². The molecular weight excluding hydrogens is 331 g/mol. The van der Waals surface area contributed by atoms with Crippen LogP contribution in [0, 0.1) is 0 Å². The lowest BCUT2D eigenvalue weighted by atomic mass is 10.0. The number of nitrogens with zero attached hydrogens (tertiary/aromatic N) is 1. The lowest BCUT2D eigenvalue weighted by molar-refractivity contribution is 0.102. The average Bonchev–Trinajstić information content (AvgIpc) is 2.62. The summed E-state index contributed by atoms with van der Waals surface area (Å²) in [5, 5.41) is 1.52. The van der Waals surface area contributed by atoms with Gasteiger partial charge in [-0.1, -0.05) is 53.5 Å². The number of carbonyl (C=O) groups excluding carboxylic acids is 1. The Hall–Kier alpha value is -2.36. The van der Waals surface area contributed by atoms with Crippen LogP contribution in [0.4, 0.5) is 5.69 Å². The molecule has 0 aliphatic carbocycles. The molecule has 0 atom stereocenters. The zero-order valence-electron chi connectivity index (χ0n) is 12.9. The molecule has 0 aliphatic rings. The highest BCUT2D eigenvalue weighted by molar-refractivity contribution is 6.33. The quantitative estimate of drug-likeness (QED) is 0.655. The Kier molecular flexibility index (Phi) is 4.22. The van der Waals surface area contributed by atoms with Gasteiger partial charge in [0.2, 0.25) is 0 Å². The Labute approximate surface area is 145 Å². The number of amides is 1. The van der Waals surface area contributed by atoms with E-state index in [0.29, 0.717) is 10.7 Å². The van der Waals surface area contributed by atoms with Crippen molar-refractivity contribution in [2.45, 2.75) is 0 Å². The van der Waals surface area contributed by atoms with Gasteiger partial charge in [-0.3, -0.25) is 4.79 Å². The molecule has 2 aromatic carbocycles. The third-order valence-electron chi connectivity index (χ3n) is 3.27. The van der Waals surface area contributed by atoms with Crippen LogP contribution in [0.15, 0.2) is 66.9 Å². The molecule has 0 radical (unpaired) electrons. The number of para-hydroxylation sites is 1. The number of aromatic nitrogens is 1. The molecule has 1 aromatic heterocycles. The fraction of sp³-hybridized carbons (Fsp3) is 0. The highest BCUT2D eigenvalue weighted by Crippen LogP contribution is 2.29. The van der Waals surface area contributed by atoms with Gasteiger partial charge >= 0.3 is 0 Å². The second kappa shape index (κ2) is 6.82. The highest BCUT2D eigenvalue weighted by Gasteiger charge is 2.13. The summed E-state index contributed by atoms with van der Waals surface area (Å²) in [6.45, 7) is 0. The first-order valence-electron chi connectivity index (χ1n) is 7.31. The van der Waals surface area contributed by atoms with Gasteiger partial charge < -0.3 is 5.31 Å². The van der Waals surface area contributed by atoms with E-state index in [1.807, 2.05) is 24.3 Å². The van der Waals surface area contributed by atoms with Crippen LogP contribution in [0.1, 0.15) is 10.4 Å². The molecule has 3 nitrogen and oxygen atoms in total. The Morgan fingerprint density at radius 1 is 1.00 bits per heavy atom. The van der Waals surface area contributed by atoms with Crippen LogP contribution >= 0.6 is 23.2 Å². The average molecular weight is 344 g/mol. The van der Waals surface area contributed by atoms with Crippen molar-refractivity contribution in [1.29, 1.82) is 0 Å². The molecule has 0 spiro atoms. The molecule has 1 N–H and O–H groups in total. The first-order valence-corrected chi connectivity index (χ1v) is 7.62. The molecule has 1 heterocycles. The second-order valence-electron chi connectivity index (χ2n) is 4.78. The van der Waals surface area contributed by atoms with E-state index in [1.54, 1.807) is 36.4 Å². The van der Waals surface area contributed by atoms with Crippen LogP contribution in [0.25, 0.3) is 11.1 Å². The van der Waals surface area contributed by atoms with Gasteiger partial charge in [0.1, 0.15) is 5.15 Å². The van der Waals surface area contributed by atoms with E-state index in [2.05, 4.69) is 4.98 Å². The Bertz CT molecular complexity index is 884. The lowest BCUT2D eigenvalue weighted by Gasteiger charge is -2.12. The van der Waals surface area contributed by atoms with E-state index >= 15 is 0 Å². The molecule has 114 valence electrons. The van der Waals surface area contributed by atoms with Gasteiger partial charge in [-0.2, -0.15) is 0 Å². The van der Waals surface area contributed by atoms with E-state index in [-0.39, 0.29) is 10.7 Å². The first-order chi connectivity index (χ1) is 11.6. The fourth-order valence-electron chi connectivity index (χ4n) is 2.16. The van der Waals surface area contributed by atoms with Gasteiger partial charge in [0, 0.05) is 22.5 Å². The van der Waals surface area contributed by atoms with E-state index in [9.17, 15) is 4.79 Å². The molecule has 23 heavy (non-hydrogen) atoms. The summed E-state index contributed by atoms with van der Waals surface area (Å²) in [7, 11) is 0. The highest BCUT2D eigenvalue weighted by atomic mass is 35.5. The zero-order chi connectivity index (χ0) is 17.1. The summed E-state index contributed by atoms with van der Waals surface area (Å²) in [5.74, 6) is -0.547. The van der Waals surface area contributed by atoms with Gasteiger partial charge in [-0.05, 0) is 35.9 Å². The van der Waals surface area contributed by atoms with Crippen LogP contribution < -0.4 is 5.31 Å². The van der Waals surface area contributed by atoms with E-state index in [4.69, 9.17) is 24.6 Å². The van der Waals surface area contributed by atoms with Crippen molar-refractivity contribution >= 4 is 34.8 Å². The summed E-state index contributed by atoms with van der Waals surface area (Å²) >= 11 is 11.9. The van der Waals surface area contributed by atoms with Crippen molar-refractivity contribution in [2.75, 3.05) is 5.31 Å². The maximum absolute atomic E-state index is 12.6. The number of anilines is 1. The predicted molar refractivity (Wildman–Crippen MR) is 94.1 cm³/mol. The van der Waals surface area contributed by atoms with Crippen LogP contribution in [0.2, 0.25) is 11.6 Å². The van der Waals surface area contributed by atoms with Crippen LogP contribution in [0.3, 0.4) is 0 Å². The third-order valence-corrected chi connectivity index (χ3v) is 3.82. The van der Waals surface area contributed by atoms with Gasteiger partial charge in [0.05, 0.1) is 5.56 Å². The summed E-state index contributed by atoms with van der Waals surface area (Å²) in [4.78, 5) is 16.5. The normalized spacial score (nSPS) is 11.0. The number of hydrogen-bond donors (Lipinski definition) is 1. The van der Waals surface area contributed by atoms with Gasteiger partial charge in [0.25, 0.3) is 5.91 Å². The standard InChI is InChI=1S/C18H12Cl2N2O/c19-13-9-7-12(8-10-13)14-4-1-2-6-16(14)22-18(23)15-5-3-11-21-17(15)20/h1-11H,(H,22,23)/i/hD. The largest absolute Gasteiger partial charge is 0.321 e. The topological polar surface area (TPSA) is 42.0 Å². The molecule has 5 heteroatoms. The number of hydrogen-bond acceptors (Lipinski definition) is 2. The van der Waals surface area contributed by atoms with Crippen molar-refractivity contribution in [2.24, 2.45) is 0 Å². The maximum Gasteiger partial charge on any atom is 0.258 e. The Morgan fingerprint density at radius 2 is 1.74 bits per heavy atom. The minimum absolute atomic E-state index is 0.0729. The molecule has 0 fully saturated rings. The van der Waals surface area contributed by atoms with Crippen molar-refractivity contribution < 1.29 is 6.21 Å². The van der Waals surface area contributed by atoms with Crippen molar-refractivity contribution in [3.05, 3.63) is 82.6 Å². The zero-order valence-corrected chi connectivity index (χ0v) is 13.4. The number of rotatable bonds is 3. The van der Waals surface area contributed by atoms with Crippen molar-refractivity contribution in [3.63, 3.8) is 0 Å². The van der Waals surface area contributed by atoms with Crippen LogP contribution in [0.5, 0.6) is 0 Å². The number of carbonyl (C=O) groups is 1. The summed E-state index contributed by atoms with van der Waals surface area (Å²) < 4.78 is 8.26. The third kappa shape index (κ3) is 3.52. The fourth-order valence-corrected chi connectivity index (χ4v) is 2.49. The number of halogens is 2. The van der Waals surface area contributed by atoms with Crippen LogP contribution in [-0.2, 0) is 0 Å². The van der Waals surface area contributed by atoms with E-state index in [0.717, 1.165) is 16.4 Å². The summed E-state index contributed by atoms with van der Waals surface area (Å²) in [6, 6.07) is 17.5. The lowest BCUT2D eigenvalue weighted by Crippen LogP contribution is -2.13. The number of benzene rings is 2. The predicted octanol–water partition coefficient (Wildman–Crippen LogP) is 5.31. The summed E-state index contributed by atoms with van der Waals surface area (Å²) in [6.07, 6.45) is 1.50. The molecule has 3 rings (SSSR count). The van der Waals surface area contributed by atoms with Crippen molar-refractivity contribution in [1.82, 2.24) is 4.98 Å². The minimum atomic E-state index is -0.547. The molecule has 0 aliphatic heterocycles. The number of nitrogens with one attached hydrogen (secondary N) is 1. The monoisotopic (exact) mass is 343 g/mol. The smallest absolute Gasteiger partial charge is 0.258 e. The Morgan fingerprint density at radius 3 is 2.48 bits per heavy atom. The minimum Gasteiger partial charge on any atom is -0.321 e. The molecule has 0 unspecified atom stereocenters. The van der Waals surface area contributed by atoms with Crippen LogP contribution in [-0.4, -0.2) is 10.9 Å². The molecule has 3 aromatic rings. The Balaban J connectivity index is 2.02. The maximum atomic E-state index is 12.6. The number of pyridine rings is 1. The van der Waals surface area contributed by atoms with Crippen molar-refractivity contribution in [3.8, 4) is 11.1 Å². The van der Waals surface area contributed by atoms with E-state index < -0.39 is 5.91 Å². The molecule has 0 saturated heterocycles. The molecule has 0 bridgehead atoms. The first kappa shape index (κ1) is 14.2. The molecular formula is C18H12Cl2N2O. The van der Waals surface area contributed by atoms with Gasteiger partial charge in [-0.25, -0.2) is 4.98 Å². The SMILES string of the molecule is [2H]N(C(=O)c1cccnc1Cl)c1ccccc1-c1ccc(Cl)cc1. The summed E-state index contributed by atoms with van der Waals surface area (Å²) in [5.41, 5.74) is 2.24. The second-order valence-corrected chi connectivity index (χ2v) is 5.58. The van der Waals surface area contributed by atoms with Gasteiger partial charge in [-0.15, -0.1) is 0 Å². The van der Waals surface area contributed by atoms with E-state index in [1.165, 1.54) is 6.20 Å².